The van der Waals surface area contributed by atoms with Crippen molar-refractivity contribution in [2.75, 3.05) is 0 Å². The van der Waals surface area contributed by atoms with Crippen LogP contribution in [-0.2, 0) is 13.6 Å². The molecule has 0 atom stereocenters. The number of amides is 1. The van der Waals surface area contributed by atoms with Gasteiger partial charge in [0.05, 0.1) is 23.7 Å². The molecule has 0 saturated carbocycles. The summed E-state index contributed by atoms with van der Waals surface area (Å²) >= 11 is 0. The van der Waals surface area contributed by atoms with Crippen molar-refractivity contribution in [3.63, 3.8) is 0 Å². The number of hydrogen-bond donors (Lipinski definition) is 1. The van der Waals surface area contributed by atoms with Gasteiger partial charge in [-0.2, -0.15) is 0 Å². The van der Waals surface area contributed by atoms with E-state index in [0.717, 1.165) is 33.3 Å². The molecule has 5 aromatic rings. The minimum absolute atomic E-state index is 0.153. The molecule has 1 N–H and O–H groups in total. The lowest BCUT2D eigenvalue weighted by atomic mass is 10.1. The number of aryl methyl sites for hydroxylation is 1. The third-order valence-corrected chi connectivity index (χ3v) is 5.77. The van der Waals surface area contributed by atoms with Crippen molar-refractivity contribution < 1.29 is 9.53 Å². The molecule has 7 nitrogen and oxygen atoms in total. The lowest BCUT2D eigenvalue weighted by Crippen LogP contribution is -2.23. The van der Waals surface area contributed by atoms with Crippen LogP contribution in [0.3, 0.4) is 0 Å². The van der Waals surface area contributed by atoms with Gasteiger partial charge in [-0.1, -0.05) is 12.1 Å². The predicted molar refractivity (Wildman–Crippen MR) is 131 cm³/mol. The molecule has 0 fully saturated rings. The fraction of sp³-hybridized carbons (Fsp3) is 0.111. The quantitative estimate of drug-likeness (QED) is 0.392. The Kier molecular flexibility index (Phi) is 5.74. The Morgan fingerprint density at radius 3 is 2.65 bits per heavy atom. The summed E-state index contributed by atoms with van der Waals surface area (Å²) in [5.74, 6) is 1.15. The van der Waals surface area contributed by atoms with Gasteiger partial charge in [-0.25, -0.2) is 4.98 Å². The van der Waals surface area contributed by atoms with E-state index in [-0.39, 0.29) is 5.91 Å². The first-order valence-electron chi connectivity index (χ1n) is 10.9. The van der Waals surface area contributed by atoms with Gasteiger partial charge in [0.2, 0.25) is 0 Å². The molecule has 0 unspecified atom stereocenters. The third-order valence-electron chi connectivity index (χ3n) is 5.77. The van der Waals surface area contributed by atoms with Crippen LogP contribution >= 0.6 is 0 Å². The number of aromatic nitrogens is 4. The van der Waals surface area contributed by atoms with Crippen molar-refractivity contribution in [1.29, 1.82) is 0 Å². The highest BCUT2D eigenvalue weighted by Gasteiger charge is 2.14. The Bertz CT molecular complexity index is 1480. The number of hydrogen-bond acceptors (Lipinski definition) is 5. The van der Waals surface area contributed by atoms with Crippen molar-refractivity contribution in [3.05, 3.63) is 102 Å². The Hall–Kier alpha value is -4.52. The molecule has 0 aliphatic heterocycles. The van der Waals surface area contributed by atoms with E-state index in [2.05, 4.69) is 20.3 Å². The minimum Gasteiger partial charge on any atom is -0.456 e. The summed E-state index contributed by atoms with van der Waals surface area (Å²) < 4.78 is 8.25. The number of nitrogens with one attached hydrogen (secondary N) is 1. The molecule has 34 heavy (non-hydrogen) atoms. The van der Waals surface area contributed by atoms with Crippen LogP contribution in [0.5, 0.6) is 11.5 Å². The van der Waals surface area contributed by atoms with E-state index in [1.165, 1.54) is 0 Å². The highest BCUT2D eigenvalue weighted by Crippen LogP contribution is 2.33. The number of imidazole rings is 1. The van der Waals surface area contributed by atoms with Crippen LogP contribution in [0.1, 0.15) is 21.5 Å². The van der Waals surface area contributed by atoms with Gasteiger partial charge in [-0.05, 0) is 55.0 Å². The molecular formula is C27H23N5O2. The monoisotopic (exact) mass is 449 g/mol. The number of benzene rings is 2. The van der Waals surface area contributed by atoms with E-state index in [1.807, 2.05) is 73.3 Å². The normalized spacial score (nSPS) is 10.9. The average molecular weight is 450 g/mol. The second kappa shape index (κ2) is 9.15. The second-order valence-electron chi connectivity index (χ2n) is 8.00. The Morgan fingerprint density at radius 1 is 1.00 bits per heavy atom. The van der Waals surface area contributed by atoms with E-state index in [1.54, 1.807) is 31.0 Å². The summed E-state index contributed by atoms with van der Waals surface area (Å²) in [6, 6.07) is 17.1. The topological polar surface area (TPSA) is 81.9 Å². The fourth-order valence-corrected chi connectivity index (χ4v) is 3.87. The van der Waals surface area contributed by atoms with Gasteiger partial charge in [0.1, 0.15) is 11.5 Å². The lowest BCUT2D eigenvalue weighted by Gasteiger charge is -2.14. The molecule has 3 aromatic heterocycles. The summed E-state index contributed by atoms with van der Waals surface area (Å²) in [7, 11) is 1.96. The van der Waals surface area contributed by atoms with Crippen LogP contribution in [0, 0.1) is 6.92 Å². The summed E-state index contributed by atoms with van der Waals surface area (Å²) in [6.45, 7) is 2.32. The molecule has 0 bridgehead atoms. The van der Waals surface area contributed by atoms with Gasteiger partial charge in [0.25, 0.3) is 5.91 Å². The van der Waals surface area contributed by atoms with E-state index in [0.29, 0.717) is 23.6 Å². The zero-order valence-electron chi connectivity index (χ0n) is 18.9. The molecule has 3 heterocycles. The molecule has 0 aliphatic rings. The Balaban J connectivity index is 1.40. The van der Waals surface area contributed by atoms with Gasteiger partial charge < -0.3 is 14.6 Å². The summed E-state index contributed by atoms with van der Waals surface area (Å²) in [5.41, 5.74) is 5.19. The van der Waals surface area contributed by atoms with Crippen molar-refractivity contribution in [3.8, 4) is 22.8 Å². The maximum atomic E-state index is 12.8. The van der Waals surface area contributed by atoms with Gasteiger partial charge in [-0.15, -0.1) is 0 Å². The van der Waals surface area contributed by atoms with E-state index in [9.17, 15) is 4.79 Å². The number of carbonyl (C=O) groups excluding carboxylic acids is 1. The maximum absolute atomic E-state index is 12.8. The summed E-state index contributed by atoms with van der Waals surface area (Å²) in [5, 5.41) is 3.85. The largest absolute Gasteiger partial charge is 0.456 e. The number of ether oxygens (including phenoxy) is 1. The molecule has 0 aliphatic carbocycles. The van der Waals surface area contributed by atoms with Crippen molar-refractivity contribution in [2.45, 2.75) is 13.5 Å². The number of fused-ring (bicyclic) bond motifs is 1. The van der Waals surface area contributed by atoms with Crippen LogP contribution in [0.4, 0.5) is 0 Å². The summed E-state index contributed by atoms with van der Waals surface area (Å²) in [4.78, 5) is 25.6. The lowest BCUT2D eigenvalue weighted by molar-refractivity contribution is 0.0950. The standard InChI is InChI=1S/C27H23N5O2/c1-18-21(27(33)31-15-19-8-11-28-12-9-19)4-3-5-25(18)34-26-10-13-30-23-14-20(6-7-22(23)26)24-16-29-17-32(24)2/h3-14,16-17H,15H2,1-2H3,(H,31,33). The van der Waals surface area contributed by atoms with E-state index >= 15 is 0 Å². The van der Waals surface area contributed by atoms with Crippen molar-refractivity contribution in [1.82, 2.24) is 24.8 Å². The van der Waals surface area contributed by atoms with Gasteiger partial charge in [0, 0.05) is 54.3 Å². The first kappa shape index (κ1) is 21.3. The van der Waals surface area contributed by atoms with Crippen LogP contribution in [0.2, 0.25) is 0 Å². The molecule has 0 saturated heterocycles. The van der Waals surface area contributed by atoms with Gasteiger partial charge >= 0.3 is 0 Å². The number of nitrogens with zero attached hydrogens (tertiary/aromatic N) is 4. The molecule has 7 heteroatoms. The SMILES string of the molecule is Cc1c(Oc2ccnc3cc(-c4cncn4C)ccc23)cccc1C(=O)NCc1ccncc1. The molecule has 2 aromatic carbocycles. The van der Waals surface area contributed by atoms with Crippen LogP contribution < -0.4 is 10.1 Å². The molecular weight excluding hydrogens is 426 g/mol. The number of pyridine rings is 2. The number of rotatable bonds is 6. The van der Waals surface area contributed by atoms with Crippen LogP contribution in [-0.4, -0.2) is 25.4 Å². The smallest absolute Gasteiger partial charge is 0.251 e. The zero-order valence-corrected chi connectivity index (χ0v) is 18.9. The maximum Gasteiger partial charge on any atom is 0.251 e. The van der Waals surface area contributed by atoms with Gasteiger partial charge in [0.15, 0.2) is 0 Å². The molecule has 0 radical (unpaired) electrons. The first-order chi connectivity index (χ1) is 16.6. The van der Waals surface area contributed by atoms with E-state index in [4.69, 9.17) is 4.74 Å². The highest BCUT2D eigenvalue weighted by molar-refractivity contribution is 5.96. The Labute approximate surface area is 197 Å². The zero-order chi connectivity index (χ0) is 23.5. The first-order valence-corrected chi connectivity index (χ1v) is 10.9. The number of carbonyl (C=O) groups is 1. The van der Waals surface area contributed by atoms with Gasteiger partial charge in [-0.3, -0.25) is 14.8 Å². The Morgan fingerprint density at radius 2 is 1.85 bits per heavy atom. The molecule has 1 amide bonds. The van der Waals surface area contributed by atoms with E-state index < -0.39 is 0 Å². The predicted octanol–water partition coefficient (Wildman–Crippen LogP) is 5.06. The second-order valence-corrected chi connectivity index (χ2v) is 8.00. The molecule has 5 rings (SSSR count). The molecule has 0 spiro atoms. The van der Waals surface area contributed by atoms with Crippen molar-refractivity contribution in [2.24, 2.45) is 7.05 Å². The van der Waals surface area contributed by atoms with Crippen LogP contribution in [0.25, 0.3) is 22.2 Å². The average Bonchev–Trinajstić information content (AvgIpc) is 3.30. The fourth-order valence-electron chi connectivity index (χ4n) is 3.87. The molecule has 168 valence electrons. The van der Waals surface area contributed by atoms with Crippen molar-refractivity contribution >= 4 is 16.8 Å². The minimum atomic E-state index is -0.153. The van der Waals surface area contributed by atoms with Crippen LogP contribution in [0.15, 0.2) is 85.7 Å². The summed E-state index contributed by atoms with van der Waals surface area (Å²) in [6.07, 6.45) is 8.75. The third kappa shape index (κ3) is 4.23. The highest BCUT2D eigenvalue weighted by atomic mass is 16.5.